The van der Waals surface area contributed by atoms with Crippen LogP contribution in [0.3, 0.4) is 0 Å². The summed E-state index contributed by atoms with van der Waals surface area (Å²) in [6.45, 7) is 2.82. The molecule has 114 valence electrons. The van der Waals surface area contributed by atoms with E-state index in [0.29, 0.717) is 5.82 Å². The number of nitrogens with zero attached hydrogens (tertiary/aromatic N) is 6. The molecule has 0 amide bonds. The van der Waals surface area contributed by atoms with Gasteiger partial charge in [0.05, 0.1) is 5.69 Å². The van der Waals surface area contributed by atoms with Crippen molar-refractivity contribution in [2.24, 2.45) is 7.05 Å². The van der Waals surface area contributed by atoms with Crippen molar-refractivity contribution in [2.75, 3.05) is 0 Å². The van der Waals surface area contributed by atoms with E-state index in [4.69, 9.17) is 5.10 Å². The quantitative estimate of drug-likeness (QED) is 0.584. The summed E-state index contributed by atoms with van der Waals surface area (Å²) in [6, 6.07) is 16.7. The molecule has 0 fully saturated rings. The van der Waals surface area contributed by atoms with Crippen LogP contribution in [0.4, 0.5) is 0 Å². The van der Waals surface area contributed by atoms with Crippen LogP contribution in [0.15, 0.2) is 48.5 Å². The number of rotatable bonds is 3. The topological polar surface area (TPSA) is 61.4 Å². The molecule has 0 N–H and O–H groups in total. The molecule has 0 unspecified atom stereocenters. The summed E-state index contributed by atoms with van der Waals surface area (Å²) in [7, 11) is 1.83. The lowest BCUT2D eigenvalue weighted by atomic mass is 10.0. The lowest BCUT2D eigenvalue weighted by molar-refractivity contribution is 0.656. The fourth-order valence-electron chi connectivity index (χ4n) is 2.86. The standard InChI is InChI=1S/C17H16N6/c1-3-23-16(17-18-20-21-22(17)2)11-15(19-23)14-10-6-8-12-7-4-5-9-13(12)14/h4-11H,3H2,1-2H3. The van der Waals surface area contributed by atoms with Gasteiger partial charge in [-0.15, -0.1) is 5.10 Å². The minimum Gasteiger partial charge on any atom is -0.261 e. The minimum atomic E-state index is 0.714. The average Bonchev–Trinajstić information content (AvgIpc) is 3.19. The van der Waals surface area contributed by atoms with Crippen LogP contribution in [0.1, 0.15) is 6.92 Å². The summed E-state index contributed by atoms with van der Waals surface area (Å²) < 4.78 is 3.60. The molecule has 0 aliphatic carbocycles. The second kappa shape index (κ2) is 5.31. The number of benzene rings is 2. The van der Waals surface area contributed by atoms with Crippen LogP contribution in [-0.2, 0) is 13.6 Å². The van der Waals surface area contributed by atoms with E-state index in [1.54, 1.807) is 4.68 Å². The fraction of sp³-hybridized carbons (Fsp3) is 0.176. The zero-order valence-electron chi connectivity index (χ0n) is 13.0. The van der Waals surface area contributed by atoms with Crippen LogP contribution >= 0.6 is 0 Å². The molecular weight excluding hydrogens is 288 g/mol. The van der Waals surface area contributed by atoms with E-state index in [2.05, 4.69) is 64.9 Å². The number of hydrogen-bond donors (Lipinski definition) is 0. The predicted molar refractivity (Wildman–Crippen MR) is 88.6 cm³/mol. The maximum absolute atomic E-state index is 4.75. The molecule has 2 heterocycles. The smallest absolute Gasteiger partial charge is 0.200 e. The van der Waals surface area contributed by atoms with Gasteiger partial charge in [0.2, 0.25) is 0 Å². The first-order valence-corrected chi connectivity index (χ1v) is 7.56. The molecule has 6 heteroatoms. The molecule has 0 saturated heterocycles. The van der Waals surface area contributed by atoms with Gasteiger partial charge in [-0.2, -0.15) is 5.10 Å². The van der Waals surface area contributed by atoms with Crippen LogP contribution in [-0.4, -0.2) is 30.0 Å². The van der Waals surface area contributed by atoms with E-state index < -0.39 is 0 Å². The van der Waals surface area contributed by atoms with Crippen LogP contribution in [0, 0.1) is 0 Å². The van der Waals surface area contributed by atoms with Gasteiger partial charge in [0.1, 0.15) is 5.69 Å². The van der Waals surface area contributed by atoms with E-state index in [1.807, 2.05) is 17.8 Å². The lowest BCUT2D eigenvalue weighted by Crippen LogP contribution is -2.03. The molecule has 0 aliphatic rings. The molecule has 6 nitrogen and oxygen atoms in total. The Morgan fingerprint density at radius 1 is 1.04 bits per heavy atom. The van der Waals surface area contributed by atoms with Crippen molar-refractivity contribution < 1.29 is 0 Å². The van der Waals surface area contributed by atoms with Gasteiger partial charge in [-0.05, 0) is 34.2 Å². The van der Waals surface area contributed by atoms with E-state index in [1.165, 1.54) is 10.8 Å². The molecule has 23 heavy (non-hydrogen) atoms. The highest BCUT2D eigenvalue weighted by atomic mass is 15.5. The van der Waals surface area contributed by atoms with E-state index in [9.17, 15) is 0 Å². The van der Waals surface area contributed by atoms with E-state index >= 15 is 0 Å². The first kappa shape index (κ1) is 13.6. The summed E-state index contributed by atoms with van der Waals surface area (Å²) in [5, 5.41) is 18.9. The number of aryl methyl sites for hydroxylation is 2. The summed E-state index contributed by atoms with van der Waals surface area (Å²) in [5.74, 6) is 0.714. The van der Waals surface area contributed by atoms with E-state index in [0.717, 1.165) is 23.5 Å². The zero-order valence-corrected chi connectivity index (χ0v) is 13.0. The molecule has 4 aromatic rings. The van der Waals surface area contributed by atoms with Gasteiger partial charge < -0.3 is 0 Å². The largest absolute Gasteiger partial charge is 0.261 e. The average molecular weight is 304 g/mol. The van der Waals surface area contributed by atoms with Crippen molar-refractivity contribution in [3.63, 3.8) is 0 Å². The van der Waals surface area contributed by atoms with Gasteiger partial charge in [-0.1, -0.05) is 42.5 Å². The van der Waals surface area contributed by atoms with Gasteiger partial charge in [0.25, 0.3) is 0 Å². The van der Waals surface area contributed by atoms with E-state index in [-0.39, 0.29) is 0 Å². The van der Waals surface area contributed by atoms with Crippen molar-refractivity contribution >= 4 is 10.8 Å². The molecule has 0 bridgehead atoms. The summed E-state index contributed by atoms with van der Waals surface area (Å²) >= 11 is 0. The highest BCUT2D eigenvalue weighted by molar-refractivity contribution is 5.96. The molecule has 0 saturated carbocycles. The Bertz CT molecular complexity index is 976. The van der Waals surface area contributed by atoms with Crippen molar-refractivity contribution in [1.29, 1.82) is 0 Å². The number of aromatic nitrogens is 6. The second-order valence-corrected chi connectivity index (χ2v) is 5.38. The van der Waals surface area contributed by atoms with Crippen molar-refractivity contribution in [2.45, 2.75) is 13.5 Å². The van der Waals surface area contributed by atoms with Crippen LogP contribution in [0.5, 0.6) is 0 Å². The maximum atomic E-state index is 4.75. The van der Waals surface area contributed by atoms with Gasteiger partial charge >= 0.3 is 0 Å². The first-order chi connectivity index (χ1) is 11.3. The summed E-state index contributed by atoms with van der Waals surface area (Å²) in [5.41, 5.74) is 2.97. The van der Waals surface area contributed by atoms with Gasteiger partial charge in [0.15, 0.2) is 5.82 Å². The fourth-order valence-corrected chi connectivity index (χ4v) is 2.86. The highest BCUT2D eigenvalue weighted by Crippen LogP contribution is 2.30. The number of hydrogen-bond acceptors (Lipinski definition) is 4. The van der Waals surface area contributed by atoms with Gasteiger partial charge in [-0.3, -0.25) is 4.68 Å². The summed E-state index contributed by atoms with van der Waals surface area (Å²) in [4.78, 5) is 0. The normalized spacial score (nSPS) is 11.2. The molecule has 2 aromatic heterocycles. The molecule has 4 rings (SSSR count). The van der Waals surface area contributed by atoms with Crippen LogP contribution in [0.25, 0.3) is 33.5 Å². The minimum absolute atomic E-state index is 0.714. The molecule has 0 aliphatic heterocycles. The Hall–Kier alpha value is -3.02. The zero-order chi connectivity index (χ0) is 15.8. The molecule has 0 radical (unpaired) electrons. The summed E-state index contributed by atoms with van der Waals surface area (Å²) in [6.07, 6.45) is 0. The van der Waals surface area contributed by atoms with Crippen LogP contribution in [0.2, 0.25) is 0 Å². The molecule has 0 spiro atoms. The van der Waals surface area contributed by atoms with Crippen molar-refractivity contribution in [3.05, 3.63) is 48.5 Å². The molecular formula is C17H16N6. The maximum Gasteiger partial charge on any atom is 0.200 e. The van der Waals surface area contributed by atoms with Crippen molar-refractivity contribution in [3.8, 4) is 22.8 Å². The molecule has 2 aromatic carbocycles. The number of tetrazole rings is 1. The first-order valence-electron chi connectivity index (χ1n) is 7.56. The Kier molecular flexibility index (Phi) is 3.15. The highest BCUT2D eigenvalue weighted by Gasteiger charge is 2.16. The third kappa shape index (κ3) is 2.19. The monoisotopic (exact) mass is 304 g/mol. The molecule has 0 atom stereocenters. The third-order valence-corrected chi connectivity index (χ3v) is 3.99. The predicted octanol–water partition coefficient (Wildman–Crippen LogP) is 2.91. The Balaban J connectivity index is 1.93. The van der Waals surface area contributed by atoms with Gasteiger partial charge in [-0.25, -0.2) is 4.68 Å². The van der Waals surface area contributed by atoms with Gasteiger partial charge in [0, 0.05) is 19.2 Å². The Morgan fingerprint density at radius 3 is 2.65 bits per heavy atom. The van der Waals surface area contributed by atoms with Crippen LogP contribution < -0.4 is 0 Å². The lowest BCUT2D eigenvalue weighted by Gasteiger charge is -2.03. The number of fused-ring (bicyclic) bond motifs is 1. The SMILES string of the molecule is CCn1nc(-c2cccc3ccccc23)cc1-c1nnnn1C. The third-order valence-electron chi connectivity index (χ3n) is 3.99. The van der Waals surface area contributed by atoms with Crippen molar-refractivity contribution in [1.82, 2.24) is 30.0 Å². The Labute approximate surface area is 133 Å². The Morgan fingerprint density at radius 2 is 1.87 bits per heavy atom. The second-order valence-electron chi connectivity index (χ2n) is 5.38.